The molecule has 0 fully saturated rings. The summed E-state index contributed by atoms with van der Waals surface area (Å²) in [5.41, 5.74) is -1.44. The smallest absolute Gasteiger partial charge is 0.392 e. The molecule has 0 aromatic heterocycles. The van der Waals surface area contributed by atoms with Crippen LogP contribution in [0.2, 0.25) is 0 Å². The molecular formula is C8H5F4IO. The fourth-order valence-corrected chi connectivity index (χ4v) is 1.45. The third-order valence-electron chi connectivity index (χ3n) is 1.62. The molecule has 0 radical (unpaired) electrons. The Kier molecular flexibility index (Phi) is 3.36. The maximum Gasteiger partial charge on any atom is 0.416 e. The second kappa shape index (κ2) is 4.01. The van der Waals surface area contributed by atoms with Crippen molar-refractivity contribution >= 4 is 22.6 Å². The van der Waals surface area contributed by atoms with Gasteiger partial charge in [-0.05, 0) is 40.3 Å². The molecule has 1 nitrogen and oxygen atoms in total. The molecule has 0 bridgehead atoms. The predicted octanol–water partition coefficient (Wildman–Crippen LogP) is 2.94. The van der Waals surface area contributed by atoms with E-state index in [9.17, 15) is 17.6 Å². The van der Waals surface area contributed by atoms with Crippen molar-refractivity contribution in [1.29, 1.82) is 0 Å². The van der Waals surface area contributed by atoms with E-state index < -0.39 is 29.7 Å². The van der Waals surface area contributed by atoms with Crippen molar-refractivity contribution < 1.29 is 22.7 Å². The molecule has 78 valence electrons. The van der Waals surface area contributed by atoms with E-state index >= 15 is 0 Å². The lowest BCUT2D eigenvalue weighted by atomic mass is 10.1. The first-order chi connectivity index (χ1) is 6.36. The van der Waals surface area contributed by atoms with E-state index in [-0.39, 0.29) is 3.57 Å². The summed E-state index contributed by atoms with van der Waals surface area (Å²) in [7, 11) is 0. The first-order valence-corrected chi connectivity index (χ1v) is 4.60. The molecule has 6 heteroatoms. The third kappa shape index (κ3) is 2.35. The molecule has 0 aliphatic heterocycles. The van der Waals surface area contributed by atoms with Gasteiger partial charge in [0.05, 0.1) is 12.2 Å². The summed E-state index contributed by atoms with van der Waals surface area (Å²) in [5.74, 6) is -0.761. The molecule has 0 unspecified atom stereocenters. The summed E-state index contributed by atoms with van der Waals surface area (Å²) in [5, 5.41) is 8.63. The Hall–Kier alpha value is -0.370. The summed E-state index contributed by atoms with van der Waals surface area (Å²) >= 11 is 1.47. The molecular weight excluding hydrogens is 315 g/mol. The molecule has 0 saturated heterocycles. The minimum Gasteiger partial charge on any atom is -0.392 e. The second-order valence-electron chi connectivity index (χ2n) is 2.58. The number of aliphatic hydroxyl groups excluding tert-OH is 1. The van der Waals surface area contributed by atoms with Gasteiger partial charge in [0, 0.05) is 3.57 Å². The van der Waals surface area contributed by atoms with Crippen molar-refractivity contribution in [1.82, 2.24) is 0 Å². The van der Waals surface area contributed by atoms with Gasteiger partial charge in [0.15, 0.2) is 0 Å². The van der Waals surface area contributed by atoms with Gasteiger partial charge in [-0.2, -0.15) is 13.2 Å². The summed E-state index contributed by atoms with van der Waals surface area (Å²) in [6.07, 6.45) is -4.56. The summed E-state index contributed by atoms with van der Waals surface area (Å²) in [6.45, 7) is -0.831. The fourth-order valence-electron chi connectivity index (χ4n) is 0.983. The van der Waals surface area contributed by atoms with E-state index in [1.165, 1.54) is 22.6 Å². The maximum absolute atomic E-state index is 12.8. The van der Waals surface area contributed by atoms with E-state index in [4.69, 9.17) is 5.11 Å². The minimum atomic E-state index is -4.56. The monoisotopic (exact) mass is 320 g/mol. The highest BCUT2D eigenvalue weighted by molar-refractivity contribution is 14.1. The van der Waals surface area contributed by atoms with Gasteiger partial charge in [0.2, 0.25) is 0 Å². The second-order valence-corrected chi connectivity index (χ2v) is 3.74. The van der Waals surface area contributed by atoms with Gasteiger partial charge in [-0.15, -0.1) is 0 Å². The fraction of sp³-hybridized carbons (Fsp3) is 0.250. The van der Waals surface area contributed by atoms with Crippen molar-refractivity contribution in [3.8, 4) is 0 Å². The first kappa shape index (κ1) is 11.7. The van der Waals surface area contributed by atoms with Crippen LogP contribution in [0.1, 0.15) is 11.1 Å². The predicted molar refractivity (Wildman–Crippen MR) is 50.0 cm³/mol. The van der Waals surface area contributed by atoms with E-state index in [1.54, 1.807) is 0 Å². The third-order valence-corrected chi connectivity index (χ3v) is 2.45. The van der Waals surface area contributed by atoms with Crippen LogP contribution in [0.5, 0.6) is 0 Å². The summed E-state index contributed by atoms with van der Waals surface area (Å²) in [6, 6.07) is 1.38. The summed E-state index contributed by atoms with van der Waals surface area (Å²) in [4.78, 5) is 0. The average molecular weight is 320 g/mol. The SMILES string of the molecule is OCc1cc(F)c(I)cc1C(F)(F)F. The van der Waals surface area contributed by atoms with Crippen LogP contribution in [0.25, 0.3) is 0 Å². The van der Waals surface area contributed by atoms with E-state index in [0.29, 0.717) is 12.1 Å². The van der Waals surface area contributed by atoms with Crippen molar-refractivity contribution in [2.45, 2.75) is 12.8 Å². The van der Waals surface area contributed by atoms with Crippen LogP contribution in [-0.4, -0.2) is 5.11 Å². The highest BCUT2D eigenvalue weighted by Crippen LogP contribution is 2.33. The van der Waals surface area contributed by atoms with Crippen LogP contribution in [-0.2, 0) is 12.8 Å². The average Bonchev–Trinajstić information content (AvgIpc) is 2.07. The quantitative estimate of drug-likeness (QED) is 0.623. The largest absolute Gasteiger partial charge is 0.416 e. The van der Waals surface area contributed by atoms with Gasteiger partial charge in [0.1, 0.15) is 5.82 Å². The van der Waals surface area contributed by atoms with Gasteiger partial charge >= 0.3 is 6.18 Å². The van der Waals surface area contributed by atoms with Crippen LogP contribution in [0.4, 0.5) is 17.6 Å². The standard InChI is InChI=1S/C8H5F4IO/c9-6-1-4(3-14)5(2-7(6)13)8(10,11)12/h1-2,14H,3H2. The van der Waals surface area contributed by atoms with Crippen LogP contribution < -0.4 is 0 Å². The number of alkyl halides is 3. The van der Waals surface area contributed by atoms with Crippen LogP contribution in [0.15, 0.2) is 12.1 Å². The van der Waals surface area contributed by atoms with E-state index in [0.717, 1.165) is 0 Å². The molecule has 14 heavy (non-hydrogen) atoms. The molecule has 0 amide bonds. The van der Waals surface area contributed by atoms with Crippen molar-refractivity contribution in [3.63, 3.8) is 0 Å². The van der Waals surface area contributed by atoms with Crippen LogP contribution >= 0.6 is 22.6 Å². The summed E-state index contributed by atoms with van der Waals surface area (Å²) < 4.78 is 49.7. The molecule has 0 saturated carbocycles. The molecule has 1 aromatic rings. The molecule has 1 rings (SSSR count). The van der Waals surface area contributed by atoms with Crippen LogP contribution in [0.3, 0.4) is 0 Å². The molecule has 0 aliphatic carbocycles. The zero-order chi connectivity index (χ0) is 10.9. The van der Waals surface area contributed by atoms with Gasteiger partial charge in [-0.25, -0.2) is 4.39 Å². The van der Waals surface area contributed by atoms with Gasteiger partial charge < -0.3 is 5.11 Å². The Bertz CT molecular complexity index is 348. The topological polar surface area (TPSA) is 20.2 Å². The first-order valence-electron chi connectivity index (χ1n) is 3.52. The molecule has 0 aliphatic rings. The van der Waals surface area contributed by atoms with Crippen molar-refractivity contribution in [2.75, 3.05) is 0 Å². The number of benzene rings is 1. The van der Waals surface area contributed by atoms with E-state index in [2.05, 4.69) is 0 Å². The zero-order valence-corrected chi connectivity index (χ0v) is 8.86. The Balaban J connectivity index is 3.35. The lowest BCUT2D eigenvalue weighted by molar-refractivity contribution is -0.138. The Labute approximate surface area is 90.9 Å². The van der Waals surface area contributed by atoms with Crippen LogP contribution in [0, 0.1) is 9.39 Å². The highest BCUT2D eigenvalue weighted by atomic mass is 127. The maximum atomic E-state index is 12.8. The molecule has 0 heterocycles. The zero-order valence-electron chi connectivity index (χ0n) is 6.70. The Morgan fingerprint density at radius 3 is 2.29 bits per heavy atom. The van der Waals surface area contributed by atoms with Crippen molar-refractivity contribution in [2.24, 2.45) is 0 Å². The lowest BCUT2D eigenvalue weighted by Gasteiger charge is -2.11. The molecule has 0 atom stereocenters. The number of aliphatic hydroxyl groups is 1. The molecule has 1 aromatic carbocycles. The Morgan fingerprint density at radius 1 is 1.29 bits per heavy atom. The van der Waals surface area contributed by atoms with Crippen molar-refractivity contribution in [3.05, 3.63) is 32.6 Å². The number of halogens is 5. The van der Waals surface area contributed by atoms with Gasteiger partial charge in [-0.3, -0.25) is 0 Å². The number of hydrogen-bond donors (Lipinski definition) is 1. The van der Waals surface area contributed by atoms with E-state index in [1.807, 2.05) is 0 Å². The lowest BCUT2D eigenvalue weighted by Crippen LogP contribution is -2.10. The number of hydrogen-bond acceptors (Lipinski definition) is 1. The normalized spacial score (nSPS) is 11.9. The van der Waals surface area contributed by atoms with Gasteiger partial charge in [0.25, 0.3) is 0 Å². The minimum absolute atomic E-state index is 0.118. The number of rotatable bonds is 1. The Morgan fingerprint density at radius 2 is 1.86 bits per heavy atom. The van der Waals surface area contributed by atoms with Gasteiger partial charge in [-0.1, -0.05) is 0 Å². The molecule has 1 N–H and O–H groups in total. The molecule has 0 spiro atoms. The highest BCUT2D eigenvalue weighted by Gasteiger charge is 2.33.